The fourth-order valence-corrected chi connectivity index (χ4v) is 4.90. The average Bonchev–Trinajstić information content (AvgIpc) is 3.47. The van der Waals surface area contributed by atoms with E-state index in [-0.39, 0.29) is 17.9 Å². The molecule has 2 amide bonds. The first-order valence-electron chi connectivity index (χ1n) is 11.6. The van der Waals surface area contributed by atoms with E-state index in [0.29, 0.717) is 36.9 Å². The Kier molecular flexibility index (Phi) is 6.18. The second kappa shape index (κ2) is 9.27. The topological polar surface area (TPSA) is 102 Å². The maximum absolute atomic E-state index is 12.7. The summed E-state index contributed by atoms with van der Waals surface area (Å²) in [5.74, 6) is 0.436. The number of hydrogen-bond acceptors (Lipinski definition) is 5. The van der Waals surface area contributed by atoms with Crippen molar-refractivity contribution in [1.29, 1.82) is 0 Å². The van der Waals surface area contributed by atoms with Gasteiger partial charge in [-0.2, -0.15) is 0 Å². The van der Waals surface area contributed by atoms with E-state index in [4.69, 9.17) is 27.1 Å². The molecule has 0 radical (unpaired) electrons. The van der Waals surface area contributed by atoms with Gasteiger partial charge in [0.1, 0.15) is 0 Å². The molecular weight excluding hydrogens is 454 g/mol. The van der Waals surface area contributed by atoms with E-state index in [2.05, 4.69) is 14.8 Å². The van der Waals surface area contributed by atoms with Gasteiger partial charge < -0.3 is 20.7 Å². The number of imidazole rings is 1. The molecule has 34 heavy (non-hydrogen) atoms. The lowest BCUT2D eigenvalue weighted by atomic mass is 9.95. The number of hydrogen-bond donors (Lipinski definition) is 2. The number of nitrogens with one attached hydrogen (secondary N) is 1. The molecular formula is C25H28ClN5O3. The molecule has 1 aromatic heterocycles. The Morgan fingerprint density at radius 3 is 2.53 bits per heavy atom. The van der Waals surface area contributed by atoms with Gasteiger partial charge >= 0.3 is 0 Å². The van der Waals surface area contributed by atoms with E-state index < -0.39 is 5.91 Å². The molecule has 178 valence electrons. The number of piperidine rings is 1. The van der Waals surface area contributed by atoms with E-state index in [1.807, 2.05) is 31.2 Å². The minimum absolute atomic E-state index is 0.0128. The summed E-state index contributed by atoms with van der Waals surface area (Å²) in [7, 11) is 0. The van der Waals surface area contributed by atoms with Crippen LogP contribution in [-0.2, 0) is 9.53 Å². The number of aromatic nitrogens is 2. The van der Waals surface area contributed by atoms with Crippen molar-refractivity contribution in [3.63, 3.8) is 0 Å². The molecule has 2 fully saturated rings. The number of nitrogens with zero attached hydrogens (tertiary/aromatic N) is 3. The quantitative estimate of drug-likeness (QED) is 0.582. The van der Waals surface area contributed by atoms with Crippen LogP contribution in [0.2, 0.25) is 5.02 Å². The summed E-state index contributed by atoms with van der Waals surface area (Å²) in [6.45, 7) is 4.71. The standard InChI is InChI=1S/C25H28ClN5O3/c1-15-12-21-22(13-20(15)26)31(19-4-2-16(3-5-19)23(27)32)25(29-21)30-9-6-17(7-10-30)24(33)28-18-8-11-34-14-18/h2-5,12-13,17-18H,6-11,14H2,1H3,(H2,27,32)(H,28,33). The maximum atomic E-state index is 12.7. The summed E-state index contributed by atoms with van der Waals surface area (Å²) in [6, 6.07) is 11.2. The number of nitrogens with two attached hydrogens (primary N) is 1. The first kappa shape index (κ1) is 22.7. The van der Waals surface area contributed by atoms with Crippen molar-refractivity contribution in [3.8, 4) is 5.69 Å². The highest BCUT2D eigenvalue weighted by molar-refractivity contribution is 6.32. The predicted molar refractivity (Wildman–Crippen MR) is 132 cm³/mol. The lowest BCUT2D eigenvalue weighted by Gasteiger charge is -2.32. The van der Waals surface area contributed by atoms with Gasteiger partial charge in [-0.3, -0.25) is 14.2 Å². The molecule has 5 rings (SSSR count). The number of primary amides is 1. The molecule has 9 heteroatoms. The van der Waals surface area contributed by atoms with Crippen molar-refractivity contribution in [2.75, 3.05) is 31.2 Å². The second-order valence-electron chi connectivity index (χ2n) is 9.08. The van der Waals surface area contributed by atoms with Crippen LogP contribution in [0.15, 0.2) is 36.4 Å². The summed E-state index contributed by atoms with van der Waals surface area (Å²) in [6.07, 6.45) is 2.39. The summed E-state index contributed by atoms with van der Waals surface area (Å²) in [5, 5.41) is 3.80. The highest BCUT2D eigenvalue weighted by atomic mass is 35.5. The molecule has 3 N–H and O–H groups in total. The molecule has 0 saturated carbocycles. The molecule has 1 atom stereocenters. The molecule has 8 nitrogen and oxygen atoms in total. The number of carbonyl (C=O) groups is 2. The Hall–Kier alpha value is -3.10. The van der Waals surface area contributed by atoms with Crippen molar-refractivity contribution in [2.45, 2.75) is 32.2 Å². The van der Waals surface area contributed by atoms with Crippen LogP contribution in [0.1, 0.15) is 35.2 Å². The number of anilines is 1. The fraction of sp³-hybridized carbons (Fsp3) is 0.400. The van der Waals surface area contributed by atoms with E-state index in [0.717, 1.165) is 47.5 Å². The molecule has 3 heterocycles. The monoisotopic (exact) mass is 481 g/mol. The van der Waals surface area contributed by atoms with E-state index in [9.17, 15) is 9.59 Å². The molecule has 2 aliphatic rings. The van der Waals surface area contributed by atoms with Gasteiger partial charge in [0, 0.05) is 41.9 Å². The number of amides is 2. The van der Waals surface area contributed by atoms with E-state index >= 15 is 0 Å². The Morgan fingerprint density at radius 1 is 1.15 bits per heavy atom. The van der Waals surface area contributed by atoms with E-state index in [1.54, 1.807) is 12.1 Å². The summed E-state index contributed by atoms with van der Waals surface area (Å²) in [5.41, 5.74) is 9.42. The van der Waals surface area contributed by atoms with Gasteiger partial charge in [0.2, 0.25) is 17.8 Å². The van der Waals surface area contributed by atoms with Gasteiger partial charge in [-0.25, -0.2) is 4.98 Å². The number of aryl methyl sites for hydroxylation is 1. The smallest absolute Gasteiger partial charge is 0.248 e. The molecule has 1 unspecified atom stereocenters. The minimum Gasteiger partial charge on any atom is -0.379 e. The first-order chi connectivity index (χ1) is 16.4. The van der Waals surface area contributed by atoms with Gasteiger partial charge in [-0.15, -0.1) is 0 Å². The third kappa shape index (κ3) is 4.35. The van der Waals surface area contributed by atoms with Crippen LogP contribution in [0, 0.1) is 12.8 Å². The number of rotatable bonds is 5. The van der Waals surface area contributed by atoms with E-state index in [1.165, 1.54) is 0 Å². The third-order valence-electron chi connectivity index (χ3n) is 6.75. The summed E-state index contributed by atoms with van der Waals surface area (Å²) in [4.78, 5) is 31.4. The van der Waals surface area contributed by atoms with Crippen LogP contribution in [0.4, 0.5) is 5.95 Å². The van der Waals surface area contributed by atoms with Crippen molar-refractivity contribution >= 4 is 40.4 Å². The highest BCUT2D eigenvalue weighted by Crippen LogP contribution is 2.33. The molecule has 3 aromatic rings. The number of fused-ring (bicyclic) bond motifs is 1. The number of ether oxygens (including phenoxy) is 1. The number of carbonyl (C=O) groups excluding carboxylic acids is 2. The molecule has 2 aliphatic heterocycles. The zero-order chi connectivity index (χ0) is 23.8. The van der Waals surface area contributed by atoms with Gasteiger partial charge in [0.25, 0.3) is 0 Å². The molecule has 2 aromatic carbocycles. The zero-order valence-electron chi connectivity index (χ0n) is 19.1. The van der Waals surface area contributed by atoms with Gasteiger partial charge in [-0.1, -0.05) is 11.6 Å². The number of benzene rings is 2. The van der Waals surface area contributed by atoms with Crippen LogP contribution in [0.3, 0.4) is 0 Å². The van der Waals surface area contributed by atoms with Crippen LogP contribution in [0.25, 0.3) is 16.7 Å². The predicted octanol–water partition coefficient (Wildman–Crippen LogP) is 3.21. The van der Waals surface area contributed by atoms with Crippen LogP contribution in [-0.4, -0.2) is 53.7 Å². The van der Waals surface area contributed by atoms with Gasteiger partial charge in [0.05, 0.1) is 23.7 Å². The largest absolute Gasteiger partial charge is 0.379 e. The van der Waals surface area contributed by atoms with Gasteiger partial charge in [0.15, 0.2) is 0 Å². The molecule has 0 aliphatic carbocycles. The average molecular weight is 482 g/mol. The second-order valence-corrected chi connectivity index (χ2v) is 9.49. The third-order valence-corrected chi connectivity index (χ3v) is 7.16. The van der Waals surface area contributed by atoms with Crippen LogP contribution < -0.4 is 16.0 Å². The fourth-order valence-electron chi connectivity index (χ4n) is 4.74. The van der Waals surface area contributed by atoms with Gasteiger partial charge in [-0.05, 0) is 68.1 Å². The van der Waals surface area contributed by atoms with Crippen molar-refractivity contribution in [3.05, 3.63) is 52.5 Å². The Bertz CT molecular complexity index is 1230. The van der Waals surface area contributed by atoms with Crippen LogP contribution >= 0.6 is 11.6 Å². The SMILES string of the molecule is Cc1cc2nc(N3CCC(C(=O)NC4CCOC4)CC3)n(-c3ccc(C(N)=O)cc3)c2cc1Cl. The molecule has 0 spiro atoms. The Morgan fingerprint density at radius 2 is 1.88 bits per heavy atom. The Labute approximate surface area is 203 Å². The normalized spacial score (nSPS) is 19.0. The van der Waals surface area contributed by atoms with Crippen LogP contribution in [0.5, 0.6) is 0 Å². The van der Waals surface area contributed by atoms with Crippen molar-refractivity contribution in [2.24, 2.45) is 11.7 Å². The lowest BCUT2D eigenvalue weighted by Crippen LogP contribution is -2.44. The number of halogens is 1. The summed E-state index contributed by atoms with van der Waals surface area (Å²) >= 11 is 6.46. The maximum Gasteiger partial charge on any atom is 0.248 e. The molecule has 2 saturated heterocycles. The van der Waals surface area contributed by atoms with Crippen molar-refractivity contribution in [1.82, 2.24) is 14.9 Å². The lowest BCUT2D eigenvalue weighted by molar-refractivity contribution is -0.126. The minimum atomic E-state index is -0.467. The molecule has 0 bridgehead atoms. The zero-order valence-corrected chi connectivity index (χ0v) is 19.8. The summed E-state index contributed by atoms with van der Waals surface area (Å²) < 4.78 is 7.43. The highest BCUT2D eigenvalue weighted by Gasteiger charge is 2.30. The van der Waals surface area contributed by atoms with Crippen molar-refractivity contribution < 1.29 is 14.3 Å². The Balaban J connectivity index is 1.43. The first-order valence-corrected chi connectivity index (χ1v) is 12.0.